The summed E-state index contributed by atoms with van der Waals surface area (Å²) in [5.41, 5.74) is 0.277. The fraction of sp³-hybridized carbons (Fsp3) is 0.550. The highest BCUT2D eigenvalue weighted by Gasteiger charge is 2.39. The van der Waals surface area contributed by atoms with Crippen LogP contribution in [0.1, 0.15) is 52.0 Å². The van der Waals surface area contributed by atoms with Crippen molar-refractivity contribution in [3.63, 3.8) is 0 Å². The van der Waals surface area contributed by atoms with E-state index in [9.17, 15) is 14.4 Å². The van der Waals surface area contributed by atoms with Crippen LogP contribution in [-0.4, -0.2) is 45.8 Å². The molecule has 26 heavy (non-hydrogen) atoms. The Balaban J connectivity index is 2.20. The molecule has 0 N–H and O–H groups in total. The van der Waals surface area contributed by atoms with Gasteiger partial charge in [0.2, 0.25) is 5.91 Å². The van der Waals surface area contributed by atoms with Crippen LogP contribution in [0.15, 0.2) is 30.3 Å². The molecule has 1 aromatic rings. The number of carbonyl (C=O) groups is 3. The van der Waals surface area contributed by atoms with E-state index in [0.29, 0.717) is 18.7 Å². The number of ether oxygens (including phenoxy) is 1. The van der Waals surface area contributed by atoms with E-state index in [0.717, 1.165) is 23.7 Å². The Morgan fingerprint density at radius 2 is 1.88 bits per heavy atom. The third-order valence-electron chi connectivity index (χ3n) is 4.17. The van der Waals surface area contributed by atoms with Crippen molar-refractivity contribution in [1.29, 1.82) is 0 Å². The average molecular weight is 378 g/mol. The van der Waals surface area contributed by atoms with Crippen LogP contribution in [0, 0.1) is 0 Å². The minimum absolute atomic E-state index is 0.0242. The normalized spacial score (nSPS) is 18.5. The van der Waals surface area contributed by atoms with E-state index in [-0.39, 0.29) is 17.0 Å². The van der Waals surface area contributed by atoms with Crippen LogP contribution in [0.5, 0.6) is 0 Å². The van der Waals surface area contributed by atoms with Gasteiger partial charge in [0.1, 0.15) is 11.6 Å². The number of thioether (sulfide) groups is 1. The summed E-state index contributed by atoms with van der Waals surface area (Å²) in [4.78, 5) is 38.8. The van der Waals surface area contributed by atoms with Gasteiger partial charge in [-0.25, -0.2) is 4.79 Å². The summed E-state index contributed by atoms with van der Waals surface area (Å²) >= 11 is 1.14. The van der Waals surface area contributed by atoms with Gasteiger partial charge in [0, 0.05) is 19.2 Å². The molecule has 1 amide bonds. The van der Waals surface area contributed by atoms with Gasteiger partial charge in [-0.2, -0.15) is 0 Å². The van der Waals surface area contributed by atoms with Gasteiger partial charge in [0.05, 0.1) is 5.92 Å². The number of rotatable bonds is 5. The summed E-state index contributed by atoms with van der Waals surface area (Å²) in [6.07, 6.45) is 1.39. The number of hydrogen-bond acceptors (Lipinski definition) is 5. The number of benzene rings is 1. The van der Waals surface area contributed by atoms with E-state index in [2.05, 4.69) is 0 Å². The number of hydrogen-bond donors (Lipinski definition) is 0. The molecule has 1 fully saturated rings. The zero-order valence-electron chi connectivity index (χ0n) is 15.9. The molecule has 1 aliphatic heterocycles. The van der Waals surface area contributed by atoms with E-state index in [1.54, 1.807) is 4.90 Å². The van der Waals surface area contributed by atoms with Gasteiger partial charge in [-0.05, 0) is 39.2 Å². The maximum Gasteiger partial charge on any atom is 0.329 e. The second-order valence-corrected chi connectivity index (χ2v) is 8.69. The Hall–Kier alpha value is -1.82. The molecule has 0 saturated carbocycles. The molecule has 0 bridgehead atoms. The first-order valence-electron chi connectivity index (χ1n) is 8.90. The molecule has 5 nitrogen and oxygen atoms in total. The third kappa shape index (κ3) is 5.59. The first kappa shape index (κ1) is 20.5. The summed E-state index contributed by atoms with van der Waals surface area (Å²) < 4.78 is 5.49. The Bertz CT molecular complexity index is 654. The number of nitrogens with zero attached hydrogens (tertiary/aromatic N) is 1. The summed E-state index contributed by atoms with van der Waals surface area (Å²) in [6.45, 7) is 7.50. The highest BCUT2D eigenvalue weighted by Crippen LogP contribution is 2.29. The first-order valence-corrected chi connectivity index (χ1v) is 9.89. The minimum Gasteiger partial charge on any atom is -0.458 e. The Morgan fingerprint density at radius 1 is 1.23 bits per heavy atom. The molecule has 1 saturated heterocycles. The molecule has 0 spiro atoms. The lowest BCUT2D eigenvalue weighted by Gasteiger charge is -2.30. The number of likely N-dealkylation sites (tertiary alicyclic amines) is 1. The van der Waals surface area contributed by atoms with E-state index in [1.165, 1.54) is 6.92 Å². The summed E-state index contributed by atoms with van der Waals surface area (Å²) in [6, 6.07) is 8.88. The Morgan fingerprint density at radius 3 is 2.46 bits per heavy atom. The minimum atomic E-state index is -0.586. The van der Waals surface area contributed by atoms with Crippen molar-refractivity contribution < 1.29 is 19.1 Å². The lowest BCUT2D eigenvalue weighted by Crippen LogP contribution is -2.45. The smallest absolute Gasteiger partial charge is 0.329 e. The summed E-state index contributed by atoms with van der Waals surface area (Å²) in [5.74, 6) is -0.545. The second kappa shape index (κ2) is 8.71. The van der Waals surface area contributed by atoms with Crippen molar-refractivity contribution in [1.82, 2.24) is 4.90 Å². The van der Waals surface area contributed by atoms with E-state index >= 15 is 0 Å². The zero-order valence-corrected chi connectivity index (χ0v) is 16.7. The van der Waals surface area contributed by atoms with Crippen LogP contribution >= 0.6 is 11.8 Å². The van der Waals surface area contributed by atoms with Crippen molar-refractivity contribution in [3.05, 3.63) is 35.9 Å². The standard InChI is InChI=1S/C20H27NO4S/c1-14(22)26-13-16(15-9-6-5-7-10-15)18(23)21-12-8-11-17(21)19(24)25-20(2,3)4/h5-7,9-10,16-17H,8,11-13H2,1-4H3/t16?,17-/m0/s1. The monoisotopic (exact) mass is 377 g/mol. The molecule has 142 valence electrons. The molecule has 1 aliphatic rings. The molecule has 6 heteroatoms. The fourth-order valence-corrected chi connectivity index (χ4v) is 3.78. The summed E-state index contributed by atoms with van der Waals surface area (Å²) in [5, 5.41) is -0.0242. The number of amides is 1. The number of esters is 1. The number of carbonyl (C=O) groups excluding carboxylic acids is 3. The predicted octanol–water partition coefficient (Wildman–Crippen LogP) is 3.38. The van der Waals surface area contributed by atoms with Gasteiger partial charge in [-0.15, -0.1) is 0 Å². The van der Waals surface area contributed by atoms with Gasteiger partial charge >= 0.3 is 5.97 Å². The lowest BCUT2D eigenvalue weighted by molar-refractivity contribution is -0.163. The zero-order chi connectivity index (χ0) is 19.3. The molecule has 1 unspecified atom stereocenters. The highest BCUT2D eigenvalue weighted by atomic mass is 32.2. The average Bonchev–Trinajstić information content (AvgIpc) is 3.03. The summed E-state index contributed by atoms with van der Waals surface area (Å²) in [7, 11) is 0. The molecular weight excluding hydrogens is 350 g/mol. The first-order chi connectivity index (χ1) is 12.2. The van der Waals surface area contributed by atoms with Crippen molar-refractivity contribution >= 4 is 28.8 Å². The predicted molar refractivity (Wildman–Crippen MR) is 103 cm³/mol. The van der Waals surface area contributed by atoms with Gasteiger partial charge in [-0.1, -0.05) is 42.1 Å². The maximum absolute atomic E-state index is 13.2. The molecule has 1 heterocycles. The molecule has 0 aliphatic carbocycles. The van der Waals surface area contributed by atoms with Crippen molar-refractivity contribution in [3.8, 4) is 0 Å². The second-order valence-electron chi connectivity index (χ2n) is 7.49. The fourth-order valence-electron chi connectivity index (χ4n) is 3.04. The molecular formula is C20H27NO4S. The lowest BCUT2D eigenvalue weighted by atomic mass is 9.99. The van der Waals surface area contributed by atoms with Crippen LogP contribution < -0.4 is 0 Å². The molecule has 0 radical (unpaired) electrons. The van der Waals surface area contributed by atoms with Crippen molar-refractivity contribution in [2.75, 3.05) is 12.3 Å². The molecule has 2 rings (SSSR count). The topological polar surface area (TPSA) is 63.7 Å². The van der Waals surface area contributed by atoms with Crippen LogP contribution in [0.25, 0.3) is 0 Å². The van der Waals surface area contributed by atoms with Crippen LogP contribution in [0.2, 0.25) is 0 Å². The Labute approximate surface area is 159 Å². The van der Waals surface area contributed by atoms with E-state index in [1.807, 2.05) is 51.1 Å². The Kier molecular flexibility index (Phi) is 6.87. The van der Waals surface area contributed by atoms with Crippen LogP contribution in [-0.2, 0) is 19.1 Å². The van der Waals surface area contributed by atoms with Gasteiger partial charge in [0.15, 0.2) is 5.12 Å². The van der Waals surface area contributed by atoms with E-state index in [4.69, 9.17) is 4.74 Å². The van der Waals surface area contributed by atoms with Crippen molar-refractivity contribution in [2.24, 2.45) is 0 Å². The SMILES string of the molecule is CC(=O)SCC(C(=O)N1CCC[C@H]1C(=O)OC(C)(C)C)c1ccccc1. The van der Waals surface area contributed by atoms with Gasteiger partial charge in [-0.3, -0.25) is 9.59 Å². The molecule has 0 aromatic heterocycles. The van der Waals surface area contributed by atoms with Crippen LogP contribution in [0.3, 0.4) is 0 Å². The third-order valence-corrected chi connectivity index (χ3v) is 5.07. The highest BCUT2D eigenvalue weighted by molar-refractivity contribution is 8.13. The largest absolute Gasteiger partial charge is 0.458 e. The molecule has 2 atom stereocenters. The van der Waals surface area contributed by atoms with E-state index < -0.39 is 17.6 Å². The maximum atomic E-state index is 13.2. The quantitative estimate of drug-likeness (QED) is 0.736. The van der Waals surface area contributed by atoms with Gasteiger partial charge in [0.25, 0.3) is 0 Å². The van der Waals surface area contributed by atoms with Crippen LogP contribution in [0.4, 0.5) is 0 Å². The van der Waals surface area contributed by atoms with Crippen molar-refractivity contribution in [2.45, 2.75) is 58.1 Å². The molecule has 1 aromatic carbocycles. The van der Waals surface area contributed by atoms with Gasteiger partial charge < -0.3 is 9.64 Å².